The van der Waals surface area contributed by atoms with Crippen LogP contribution in [0.2, 0.25) is 0 Å². The van der Waals surface area contributed by atoms with Crippen LogP contribution < -0.4 is 5.32 Å². The third-order valence-electron chi connectivity index (χ3n) is 4.26. The van der Waals surface area contributed by atoms with Gasteiger partial charge < -0.3 is 5.32 Å². The molecule has 2 aromatic heterocycles. The predicted octanol–water partition coefficient (Wildman–Crippen LogP) is 2.89. The molecule has 116 valence electrons. The van der Waals surface area contributed by atoms with Gasteiger partial charge in [0.2, 0.25) is 0 Å². The summed E-state index contributed by atoms with van der Waals surface area (Å²) < 4.78 is 1.76. The second-order valence-corrected chi connectivity index (χ2v) is 5.77. The molecule has 1 aliphatic rings. The van der Waals surface area contributed by atoms with Crippen LogP contribution in [0, 0.1) is 0 Å². The van der Waals surface area contributed by atoms with Crippen LogP contribution in [0.1, 0.15) is 55.1 Å². The van der Waals surface area contributed by atoms with E-state index in [1.54, 1.807) is 17.1 Å². The Kier molecular flexibility index (Phi) is 4.51. The van der Waals surface area contributed by atoms with Crippen LogP contribution in [0.3, 0.4) is 0 Å². The predicted molar refractivity (Wildman–Crippen MR) is 85.1 cm³/mol. The van der Waals surface area contributed by atoms with Gasteiger partial charge in [-0.05, 0) is 31.4 Å². The van der Waals surface area contributed by atoms with E-state index in [4.69, 9.17) is 0 Å². The Hall–Kier alpha value is -2.17. The van der Waals surface area contributed by atoms with Crippen molar-refractivity contribution in [1.82, 2.24) is 20.1 Å². The van der Waals surface area contributed by atoms with Crippen molar-refractivity contribution in [2.24, 2.45) is 0 Å². The highest BCUT2D eigenvalue weighted by molar-refractivity contribution is 5.95. The molecule has 0 atom stereocenters. The van der Waals surface area contributed by atoms with Gasteiger partial charge in [-0.25, -0.2) is 9.67 Å². The second-order valence-electron chi connectivity index (χ2n) is 5.77. The van der Waals surface area contributed by atoms with Crippen LogP contribution in [0.5, 0.6) is 0 Å². The van der Waals surface area contributed by atoms with E-state index in [1.165, 1.54) is 19.3 Å². The highest BCUT2D eigenvalue weighted by Gasteiger charge is 2.21. The number of carbonyl (C=O) groups is 1. The first kappa shape index (κ1) is 14.8. The lowest BCUT2D eigenvalue weighted by molar-refractivity contribution is 0.0927. The molecule has 1 aliphatic carbocycles. The number of nitrogens with zero attached hydrogens (tertiary/aromatic N) is 3. The Morgan fingerprint density at radius 3 is 2.82 bits per heavy atom. The molecule has 1 fully saturated rings. The van der Waals surface area contributed by atoms with E-state index in [9.17, 15) is 4.79 Å². The molecule has 0 saturated heterocycles. The first-order valence-electron chi connectivity index (χ1n) is 8.08. The summed E-state index contributed by atoms with van der Waals surface area (Å²) in [7, 11) is 0. The molecule has 5 heteroatoms. The van der Waals surface area contributed by atoms with Crippen molar-refractivity contribution in [3.8, 4) is 5.82 Å². The summed E-state index contributed by atoms with van der Waals surface area (Å²) in [6.07, 6.45) is 10.00. The summed E-state index contributed by atoms with van der Waals surface area (Å²) in [5, 5.41) is 7.53. The van der Waals surface area contributed by atoms with Crippen molar-refractivity contribution < 1.29 is 4.79 Å². The van der Waals surface area contributed by atoms with Gasteiger partial charge >= 0.3 is 0 Å². The maximum atomic E-state index is 12.6. The molecule has 1 saturated carbocycles. The average Bonchev–Trinajstić information content (AvgIpc) is 3.00. The lowest BCUT2D eigenvalue weighted by atomic mass is 9.95. The Balaban J connectivity index is 1.82. The largest absolute Gasteiger partial charge is 0.349 e. The van der Waals surface area contributed by atoms with Gasteiger partial charge in [0.15, 0.2) is 5.82 Å². The fourth-order valence-electron chi connectivity index (χ4n) is 3.09. The van der Waals surface area contributed by atoms with E-state index in [-0.39, 0.29) is 5.91 Å². The minimum absolute atomic E-state index is 0.00840. The molecule has 3 rings (SSSR count). The fraction of sp³-hybridized carbons (Fsp3) is 0.471. The standard InChI is InChI=1S/C17H22N4O/c1-2-15-14(17(22)20-13-8-4-3-5-9-13)12-19-21(15)16-10-6-7-11-18-16/h6-7,10-13H,2-5,8-9H2,1H3,(H,20,22). The normalized spacial score (nSPS) is 15.7. The van der Waals surface area contributed by atoms with Gasteiger partial charge in [0.05, 0.1) is 17.5 Å². The van der Waals surface area contributed by atoms with E-state index in [0.29, 0.717) is 11.6 Å². The van der Waals surface area contributed by atoms with Crippen molar-refractivity contribution in [2.45, 2.75) is 51.5 Å². The first-order chi connectivity index (χ1) is 10.8. The van der Waals surface area contributed by atoms with Crippen LogP contribution >= 0.6 is 0 Å². The molecule has 0 bridgehead atoms. The topological polar surface area (TPSA) is 59.8 Å². The maximum absolute atomic E-state index is 12.6. The average molecular weight is 298 g/mol. The van der Waals surface area contributed by atoms with E-state index in [2.05, 4.69) is 15.4 Å². The fourth-order valence-corrected chi connectivity index (χ4v) is 3.09. The lowest BCUT2D eigenvalue weighted by Gasteiger charge is -2.22. The zero-order chi connectivity index (χ0) is 15.4. The zero-order valence-corrected chi connectivity index (χ0v) is 13.0. The SMILES string of the molecule is CCc1c(C(=O)NC2CCCCC2)cnn1-c1ccccn1. The molecule has 2 aromatic rings. The van der Waals surface area contributed by atoms with Gasteiger partial charge in [-0.15, -0.1) is 0 Å². The monoisotopic (exact) mass is 298 g/mol. The molecule has 22 heavy (non-hydrogen) atoms. The van der Waals surface area contributed by atoms with Gasteiger partial charge in [-0.1, -0.05) is 32.3 Å². The van der Waals surface area contributed by atoms with Gasteiger partial charge in [-0.3, -0.25) is 4.79 Å². The van der Waals surface area contributed by atoms with Crippen molar-refractivity contribution in [3.05, 3.63) is 41.9 Å². The Bertz CT molecular complexity index is 629. The van der Waals surface area contributed by atoms with Crippen LogP contribution in [-0.4, -0.2) is 26.7 Å². The second kappa shape index (κ2) is 6.73. The third-order valence-corrected chi connectivity index (χ3v) is 4.26. The van der Waals surface area contributed by atoms with E-state index < -0.39 is 0 Å². The summed E-state index contributed by atoms with van der Waals surface area (Å²) in [4.78, 5) is 16.9. The molecule has 1 N–H and O–H groups in total. The number of pyridine rings is 1. The first-order valence-corrected chi connectivity index (χ1v) is 8.08. The van der Waals surface area contributed by atoms with E-state index >= 15 is 0 Å². The molecule has 1 amide bonds. The number of carbonyl (C=O) groups excluding carboxylic acids is 1. The van der Waals surface area contributed by atoms with Gasteiger partial charge in [0, 0.05) is 12.2 Å². The lowest BCUT2D eigenvalue weighted by Crippen LogP contribution is -2.36. The molecule has 0 radical (unpaired) electrons. The van der Waals surface area contributed by atoms with Crippen LogP contribution in [0.15, 0.2) is 30.6 Å². The Labute approximate surface area is 130 Å². The summed E-state index contributed by atoms with van der Waals surface area (Å²) >= 11 is 0. The van der Waals surface area contributed by atoms with Crippen molar-refractivity contribution in [3.63, 3.8) is 0 Å². The molecule has 2 heterocycles. The summed E-state index contributed by atoms with van der Waals surface area (Å²) in [6, 6.07) is 6.00. The minimum Gasteiger partial charge on any atom is -0.349 e. The number of rotatable bonds is 4. The molecule has 0 aromatic carbocycles. The molecule has 5 nitrogen and oxygen atoms in total. The minimum atomic E-state index is -0.00840. The molecule has 0 unspecified atom stereocenters. The summed E-state index contributed by atoms with van der Waals surface area (Å²) in [5.74, 6) is 0.738. The molecule has 0 aliphatic heterocycles. The molecular formula is C17H22N4O. The van der Waals surface area contributed by atoms with Crippen LogP contribution in [-0.2, 0) is 6.42 Å². The highest BCUT2D eigenvalue weighted by Crippen LogP contribution is 2.19. The van der Waals surface area contributed by atoms with Crippen molar-refractivity contribution in [2.75, 3.05) is 0 Å². The van der Waals surface area contributed by atoms with E-state index in [0.717, 1.165) is 30.8 Å². The molecular weight excluding hydrogens is 276 g/mol. The van der Waals surface area contributed by atoms with Gasteiger partial charge in [-0.2, -0.15) is 5.10 Å². The smallest absolute Gasteiger partial charge is 0.254 e. The quantitative estimate of drug-likeness (QED) is 0.944. The number of nitrogens with one attached hydrogen (secondary N) is 1. The summed E-state index contributed by atoms with van der Waals surface area (Å²) in [5.41, 5.74) is 1.57. The van der Waals surface area contributed by atoms with E-state index in [1.807, 2.05) is 25.1 Å². The van der Waals surface area contributed by atoms with Gasteiger partial charge in [0.1, 0.15) is 0 Å². The van der Waals surface area contributed by atoms with Crippen LogP contribution in [0.25, 0.3) is 5.82 Å². The zero-order valence-electron chi connectivity index (χ0n) is 13.0. The number of hydrogen-bond donors (Lipinski definition) is 1. The van der Waals surface area contributed by atoms with Crippen molar-refractivity contribution in [1.29, 1.82) is 0 Å². The van der Waals surface area contributed by atoms with Gasteiger partial charge in [0.25, 0.3) is 5.91 Å². The number of amides is 1. The number of aromatic nitrogens is 3. The molecule has 0 spiro atoms. The van der Waals surface area contributed by atoms with Crippen molar-refractivity contribution >= 4 is 5.91 Å². The van der Waals surface area contributed by atoms with Crippen LogP contribution in [0.4, 0.5) is 0 Å². The highest BCUT2D eigenvalue weighted by atomic mass is 16.1. The Morgan fingerprint density at radius 2 is 2.14 bits per heavy atom. The number of hydrogen-bond acceptors (Lipinski definition) is 3. The Morgan fingerprint density at radius 1 is 1.32 bits per heavy atom. The maximum Gasteiger partial charge on any atom is 0.254 e. The summed E-state index contributed by atoms with van der Waals surface area (Å²) in [6.45, 7) is 2.04. The third kappa shape index (κ3) is 3.03.